The second-order valence-electron chi connectivity index (χ2n) is 7.19. The molecule has 1 aliphatic rings. The summed E-state index contributed by atoms with van der Waals surface area (Å²) in [6.07, 6.45) is 1.54. The molecule has 2 aromatic heterocycles. The number of morpholine rings is 1. The highest BCUT2D eigenvalue weighted by Crippen LogP contribution is 2.36. The zero-order valence-corrected chi connectivity index (χ0v) is 16.5. The Morgan fingerprint density at radius 2 is 2.00 bits per heavy atom. The van der Waals surface area contributed by atoms with Gasteiger partial charge in [-0.1, -0.05) is 6.07 Å². The number of nitrogen functional groups attached to an aromatic ring is 1. The summed E-state index contributed by atoms with van der Waals surface area (Å²) in [5.41, 5.74) is 10.3. The number of phenols is 1. The molecule has 1 fully saturated rings. The number of benzene rings is 1. The van der Waals surface area contributed by atoms with Crippen molar-refractivity contribution in [3.8, 4) is 17.0 Å². The SMILES string of the molecule is Cc1ccc(O)c(C)c1-c1nc(CC(=O)N2CCOCC2)cc2c(N)ncnc12. The van der Waals surface area contributed by atoms with E-state index in [9.17, 15) is 9.90 Å². The number of aryl methyl sites for hydroxylation is 1. The van der Waals surface area contributed by atoms with Gasteiger partial charge in [-0.25, -0.2) is 15.0 Å². The molecule has 1 saturated heterocycles. The van der Waals surface area contributed by atoms with E-state index >= 15 is 0 Å². The third-order valence-electron chi connectivity index (χ3n) is 5.28. The lowest BCUT2D eigenvalue weighted by atomic mass is 9.96. The van der Waals surface area contributed by atoms with Crippen LogP contribution in [0.15, 0.2) is 24.5 Å². The van der Waals surface area contributed by atoms with E-state index in [1.54, 1.807) is 17.0 Å². The summed E-state index contributed by atoms with van der Waals surface area (Å²) in [5, 5.41) is 10.9. The molecule has 0 aliphatic carbocycles. The van der Waals surface area contributed by atoms with E-state index in [0.717, 1.165) is 11.1 Å². The number of hydrogen-bond acceptors (Lipinski definition) is 7. The third kappa shape index (κ3) is 3.58. The quantitative estimate of drug-likeness (QED) is 0.699. The summed E-state index contributed by atoms with van der Waals surface area (Å²) in [7, 11) is 0. The Morgan fingerprint density at radius 3 is 2.76 bits per heavy atom. The van der Waals surface area contributed by atoms with Crippen LogP contribution in [0.3, 0.4) is 0 Å². The van der Waals surface area contributed by atoms with Gasteiger partial charge in [0.05, 0.1) is 31.0 Å². The first-order valence-corrected chi connectivity index (χ1v) is 9.51. The number of carbonyl (C=O) groups is 1. The molecule has 3 heterocycles. The molecule has 1 aliphatic heterocycles. The standard InChI is InChI=1S/C21H23N5O3/c1-12-3-4-16(27)13(2)18(12)20-19-15(21(22)24-11-23-19)9-14(25-20)10-17(28)26-5-7-29-8-6-26/h3-4,9,11,27H,5-8,10H2,1-2H3,(H2,22,23,24). The Bertz CT molecular complexity index is 1090. The van der Waals surface area contributed by atoms with Crippen molar-refractivity contribution in [2.24, 2.45) is 0 Å². The van der Waals surface area contributed by atoms with Gasteiger partial charge in [-0.15, -0.1) is 0 Å². The Labute approximate surface area is 168 Å². The first kappa shape index (κ1) is 19.1. The molecule has 0 bridgehead atoms. The summed E-state index contributed by atoms with van der Waals surface area (Å²) in [6.45, 7) is 6.03. The average Bonchev–Trinajstić information content (AvgIpc) is 2.72. The predicted octanol–water partition coefficient (Wildman–Crippen LogP) is 2.00. The van der Waals surface area contributed by atoms with Crippen molar-refractivity contribution in [2.75, 3.05) is 32.0 Å². The molecule has 8 heteroatoms. The molecule has 3 aromatic rings. The van der Waals surface area contributed by atoms with Crippen molar-refractivity contribution in [1.29, 1.82) is 0 Å². The van der Waals surface area contributed by atoms with E-state index in [-0.39, 0.29) is 18.1 Å². The fraction of sp³-hybridized carbons (Fsp3) is 0.333. The van der Waals surface area contributed by atoms with Crippen LogP contribution in [0, 0.1) is 13.8 Å². The number of nitrogens with two attached hydrogens (primary N) is 1. The van der Waals surface area contributed by atoms with Gasteiger partial charge in [-0.3, -0.25) is 4.79 Å². The average molecular weight is 393 g/mol. The summed E-state index contributed by atoms with van der Waals surface area (Å²) in [5.74, 6) is 0.498. The van der Waals surface area contributed by atoms with Crippen molar-refractivity contribution >= 4 is 22.6 Å². The summed E-state index contributed by atoms with van der Waals surface area (Å²) < 4.78 is 5.32. The smallest absolute Gasteiger partial charge is 0.228 e. The molecule has 0 radical (unpaired) electrons. The van der Waals surface area contributed by atoms with Crippen LogP contribution in [0.1, 0.15) is 16.8 Å². The molecule has 8 nitrogen and oxygen atoms in total. The second-order valence-corrected chi connectivity index (χ2v) is 7.19. The van der Waals surface area contributed by atoms with E-state index in [1.165, 1.54) is 6.33 Å². The van der Waals surface area contributed by atoms with Crippen LogP contribution in [0.4, 0.5) is 5.82 Å². The zero-order chi connectivity index (χ0) is 20.5. The molecule has 3 N–H and O–H groups in total. The van der Waals surface area contributed by atoms with Crippen molar-refractivity contribution in [3.63, 3.8) is 0 Å². The molecule has 0 atom stereocenters. The second kappa shape index (κ2) is 7.63. The van der Waals surface area contributed by atoms with E-state index in [2.05, 4.69) is 9.97 Å². The Kier molecular flexibility index (Phi) is 5.02. The minimum atomic E-state index is -0.00845. The number of ether oxygens (including phenoxy) is 1. The number of pyridine rings is 1. The number of hydrogen-bond donors (Lipinski definition) is 2. The van der Waals surface area contributed by atoms with E-state index < -0.39 is 0 Å². The van der Waals surface area contributed by atoms with Gasteiger partial charge in [0.15, 0.2) is 0 Å². The van der Waals surface area contributed by atoms with Crippen molar-refractivity contribution in [2.45, 2.75) is 20.3 Å². The van der Waals surface area contributed by atoms with Crippen LogP contribution in [-0.2, 0) is 16.0 Å². The molecule has 150 valence electrons. The molecule has 4 rings (SSSR count). The highest BCUT2D eigenvalue weighted by molar-refractivity contribution is 5.98. The van der Waals surface area contributed by atoms with Gasteiger partial charge in [0, 0.05) is 29.6 Å². The largest absolute Gasteiger partial charge is 0.508 e. The number of phenolic OH excluding ortho intramolecular Hbond substituents is 1. The lowest BCUT2D eigenvalue weighted by Gasteiger charge is -2.26. The number of nitrogens with zero attached hydrogens (tertiary/aromatic N) is 4. The van der Waals surface area contributed by atoms with Gasteiger partial charge in [-0.2, -0.15) is 0 Å². The van der Waals surface area contributed by atoms with Gasteiger partial charge < -0.3 is 20.5 Å². The highest BCUT2D eigenvalue weighted by Gasteiger charge is 2.21. The van der Waals surface area contributed by atoms with Gasteiger partial charge in [-0.05, 0) is 31.5 Å². The number of fused-ring (bicyclic) bond motifs is 1. The maximum Gasteiger partial charge on any atom is 0.228 e. The Morgan fingerprint density at radius 1 is 1.24 bits per heavy atom. The Hall–Kier alpha value is -3.26. The maximum atomic E-state index is 12.8. The van der Waals surface area contributed by atoms with E-state index in [0.29, 0.717) is 60.0 Å². The highest BCUT2D eigenvalue weighted by atomic mass is 16.5. The number of aromatic nitrogens is 3. The number of aromatic hydroxyl groups is 1. The summed E-state index contributed by atoms with van der Waals surface area (Å²) in [6, 6.07) is 5.27. The number of rotatable bonds is 3. The van der Waals surface area contributed by atoms with Crippen molar-refractivity contribution in [3.05, 3.63) is 41.3 Å². The first-order chi connectivity index (χ1) is 14.0. The minimum absolute atomic E-state index is 0.00845. The van der Waals surface area contributed by atoms with Crippen LogP contribution in [0.5, 0.6) is 5.75 Å². The number of anilines is 1. The Balaban J connectivity index is 1.85. The lowest BCUT2D eigenvalue weighted by Crippen LogP contribution is -2.41. The van der Waals surface area contributed by atoms with Crippen LogP contribution in [0.25, 0.3) is 22.2 Å². The summed E-state index contributed by atoms with van der Waals surface area (Å²) in [4.78, 5) is 27.8. The molecule has 0 saturated carbocycles. The monoisotopic (exact) mass is 393 g/mol. The van der Waals surface area contributed by atoms with Gasteiger partial charge >= 0.3 is 0 Å². The fourth-order valence-electron chi connectivity index (χ4n) is 3.68. The summed E-state index contributed by atoms with van der Waals surface area (Å²) >= 11 is 0. The van der Waals surface area contributed by atoms with Crippen LogP contribution in [-0.4, -0.2) is 57.2 Å². The van der Waals surface area contributed by atoms with Gasteiger partial charge in [0.2, 0.25) is 5.91 Å². The molecule has 1 aromatic carbocycles. The molecule has 1 amide bonds. The molecular formula is C21H23N5O3. The number of amides is 1. The van der Waals surface area contributed by atoms with Crippen LogP contribution in [0.2, 0.25) is 0 Å². The molecule has 29 heavy (non-hydrogen) atoms. The fourth-order valence-corrected chi connectivity index (χ4v) is 3.68. The zero-order valence-electron chi connectivity index (χ0n) is 16.5. The maximum absolute atomic E-state index is 12.8. The minimum Gasteiger partial charge on any atom is -0.508 e. The topological polar surface area (TPSA) is 114 Å². The van der Waals surface area contributed by atoms with Crippen LogP contribution >= 0.6 is 0 Å². The van der Waals surface area contributed by atoms with Crippen molar-refractivity contribution in [1.82, 2.24) is 19.9 Å². The lowest BCUT2D eigenvalue weighted by molar-refractivity contribution is -0.134. The van der Waals surface area contributed by atoms with E-state index in [1.807, 2.05) is 19.9 Å². The number of carbonyl (C=O) groups excluding carboxylic acids is 1. The van der Waals surface area contributed by atoms with Gasteiger partial charge in [0.1, 0.15) is 23.4 Å². The predicted molar refractivity (Wildman–Crippen MR) is 109 cm³/mol. The normalized spacial score (nSPS) is 14.3. The molecule has 0 unspecified atom stereocenters. The third-order valence-corrected chi connectivity index (χ3v) is 5.28. The van der Waals surface area contributed by atoms with E-state index in [4.69, 9.17) is 15.5 Å². The molecular weight excluding hydrogens is 370 g/mol. The van der Waals surface area contributed by atoms with Crippen molar-refractivity contribution < 1.29 is 14.6 Å². The first-order valence-electron chi connectivity index (χ1n) is 9.51. The molecule has 0 spiro atoms. The van der Waals surface area contributed by atoms with Crippen LogP contribution < -0.4 is 5.73 Å². The van der Waals surface area contributed by atoms with Gasteiger partial charge in [0.25, 0.3) is 0 Å².